The van der Waals surface area contributed by atoms with E-state index in [1.807, 2.05) is 0 Å². The van der Waals surface area contributed by atoms with Gasteiger partial charge in [-0.25, -0.2) is 8.42 Å². The molecule has 2 N–H and O–H groups in total. The smallest absolute Gasteiger partial charge is 0.257 e. The lowest BCUT2D eigenvalue weighted by molar-refractivity contribution is 0.0975. The summed E-state index contributed by atoms with van der Waals surface area (Å²) in [5, 5.41) is 6.34. The lowest BCUT2D eigenvalue weighted by Crippen LogP contribution is -2.49. The molecule has 1 aromatic carbocycles. The Bertz CT molecular complexity index is 847. The van der Waals surface area contributed by atoms with Gasteiger partial charge in [-0.15, -0.1) is 0 Å². The fourth-order valence-electron chi connectivity index (χ4n) is 4.37. The second kappa shape index (κ2) is 10.2. The Hall–Kier alpha value is -1.51. The molecule has 30 heavy (non-hydrogen) atoms. The molecule has 3 rings (SSSR count). The molecule has 2 aliphatic rings. The van der Waals surface area contributed by atoms with E-state index in [9.17, 15) is 13.2 Å². The number of nitrogens with zero attached hydrogens (tertiary/aromatic N) is 1. The molecule has 0 radical (unpaired) electrons. The Labute approximate surface area is 185 Å². The van der Waals surface area contributed by atoms with Crippen LogP contribution < -0.4 is 10.6 Å². The normalized spacial score (nSPS) is 25.9. The van der Waals surface area contributed by atoms with E-state index in [-0.39, 0.29) is 16.8 Å². The number of hydrogen-bond acceptors (Lipinski definition) is 4. The van der Waals surface area contributed by atoms with Gasteiger partial charge in [0.1, 0.15) is 0 Å². The van der Waals surface area contributed by atoms with Gasteiger partial charge in [-0.05, 0) is 67.6 Å². The summed E-state index contributed by atoms with van der Waals surface area (Å²) in [6.07, 6.45) is 7.35. The number of carbonyl (C=O) groups excluding carboxylic acids is 1. The lowest BCUT2D eigenvalue weighted by atomic mass is 9.78. The average molecular weight is 452 g/mol. The van der Waals surface area contributed by atoms with E-state index in [0.29, 0.717) is 35.6 Å². The highest BCUT2D eigenvalue weighted by Gasteiger charge is 2.28. The maximum Gasteiger partial charge on any atom is 0.257 e. The summed E-state index contributed by atoms with van der Waals surface area (Å²) < 4.78 is 27.3. The first-order valence-corrected chi connectivity index (χ1v) is 12.9. The van der Waals surface area contributed by atoms with Crippen LogP contribution in [-0.2, 0) is 10.0 Å². The van der Waals surface area contributed by atoms with Gasteiger partial charge in [0.05, 0.1) is 4.90 Å². The third-order valence-electron chi connectivity index (χ3n) is 6.57. The molecule has 1 amide bonds. The molecule has 0 spiro atoms. The van der Waals surface area contributed by atoms with Crippen molar-refractivity contribution in [2.75, 3.05) is 13.1 Å². The van der Waals surface area contributed by atoms with Crippen LogP contribution in [0.2, 0.25) is 0 Å². The fraction of sp³-hybridized carbons (Fsp3) is 0.636. The lowest BCUT2D eigenvalue weighted by Gasteiger charge is -2.35. The SMILES string of the molecule is C[C@@H]1[C@H](C)CCC[C@H]1NC(=S)NC(=O)c1ccc(S(=O)(=O)N2CCCCCC2)cc1. The average Bonchev–Trinajstić information content (AvgIpc) is 3.01. The molecule has 3 atom stereocenters. The maximum atomic E-state index is 12.9. The van der Waals surface area contributed by atoms with Gasteiger partial charge in [0.15, 0.2) is 5.11 Å². The molecule has 0 aromatic heterocycles. The van der Waals surface area contributed by atoms with Gasteiger partial charge >= 0.3 is 0 Å². The van der Waals surface area contributed by atoms with Crippen LogP contribution in [0.25, 0.3) is 0 Å². The first-order chi connectivity index (χ1) is 14.3. The van der Waals surface area contributed by atoms with Gasteiger partial charge in [-0.3, -0.25) is 10.1 Å². The highest BCUT2D eigenvalue weighted by Crippen LogP contribution is 2.29. The van der Waals surface area contributed by atoms with Crippen LogP contribution in [0.3, 0.4) is 0 Å². The van der Waals surface area contributed by atoms with E-state index < -0.39 is 10.0 Å². The molecule has 1 heterocycles. The second-order valence-corrected chi connectivity index (χ2v) is 11.0. The van der Waals surface area contributed by atoms with Crippen LogP contribution in [-0.4, -0.2) is 42.9 Å². The summed E-state index contributed by atoms with van der Waals surface area (Å²) in [7, 11) is -3.52. The maximum absolute atomic E-state index is 12.9. The van der Waals surface area contributed by atoms with Gasteiger partial charge in [-0.1, -0.05) is 39.5 Å². The van der Waals surface area contributed by atoms with Crippen molar-refractivity contribution in [3.8, 4) is 0 Å². The summed E-state index contributed by atoms with van der Waals surface area (Å²) in [5.41, 5.74) is 0.388. The quantitative estimate of drug-likeness (QED) is 0.683. The molecule has 1 aliphatic heterocycles. The third kappa shape index (κ3) is 5.59. The van der Waals surface area contributed by atoms with Crippen molar-refractivity contribution in [3.05, 3.63) is 29.8 Å². The largest absolute Gasteiger partial charge is 0.359 e. The molecule has 1 aliphatic carbocycles. The van der Waals surface area contributed by atoms with Crippen molar-refractivity contribution in [1.82, 2.24) is 14.9 Å². The number of sulfonamides is 1. The van der Waals surface area contributed by atoms with Crippen molar-refractivity contribution in [3.63, 3.8) is 0 Å². The second-order valence-electron chi connectivity index (χ2n) is 8.64. The molecule has 6 nitrogen and oxygen atoms in total. The van der Waals surface area contributed by atoms with E-state index in [2.05, 4.69) is 24.5 Å². The summed E-state index contributed by atoms with van der Waals surface area (Å²) in [6, 6.07) is 6.39. The number of thiocarbonyl (C=S) groups is 1. The van der Waals surface area contributed by atoms with E-state index in [1.54, 1.807) is 16.4 Å². The molecule has 1 saturated heterocycles. The topological polar surface area (TPSA) is 78.5 Å². The number of hydrogen-bond donors (Lipinski definition) is 2. The van der Waals surface area contributed by atoms with E-state index in [0.717, 1.165) is 38.5 Å². The van der Waals surface area contributed by atoms with Crippen molar-refractivity contribution >= 4 is 33.3 Å². The minimum absolute atomic E-state index is 0.228. The highest BCUT2D eigenvalue weighted by molar-refractivity contribution is 7.89. The minimum atomic E-state index is -3.52. The van der Waals surface area contributed by atoms with E-state index in [1.165, 1.54) is 18.6 Å². The molecule has 1 aromatic rings. The zero-order valence-electron chi connectivity index (χ0n) is 17.9. The van der Waals surface area contributed by atoms with E-state index in [4.69, 9.17) is 12.2 Å². The number of amides is 1. The molecule has 8 heteroatoms. The van der Waals surface area contributed by atoms with Crippen LogP contribution in [0.4, 0.5) is 0 Å². The fourth-order valence-corrected chi connectivity index (χ4v) is 6.14. The van der Waals surface area contributed by atoms with Crippen LogP contribution in [0.1, 0.15) is 69.2 Å². The number of rotatable bonds is 4. The van der Waals surface area contributed by atoms with Crippen LogP contribution in [0.15, 0.2) is 29.2 Å². The van der Waals surface area contributed by atoms with Gasteiger partial charge in [0, 0.05) is 24.7 Å². The minimum Gasteiger partial charge on any atom is -0.359 e. The molecule has 2 fully saturated rings. The monoisotopic (exact) mass is 451 g/mol. The van der Waals surface area contributed by atoms with Crippen molar-refractivity contribution < 1.29 is 13.2 Å². The molecule has 0 bridgehead atoms. The predicted molar refractivity (Wildman–Crippen MR) is 123 cm³/mol. The standard InChI is InChI=1S/C22H33N3O3S2/c1-16-8-7-9-20(17(16)2)23-22(29)24-21(26)18-10-12-19(13-11-18)30(27,28)25-14-5-3-4-6-15-25/h10-13,16-17,20H,3-9,14-15H2,1-2H3,(H2,23,24,26,29)/t16-,17-,20-/m1/s1. The van der Waals surface area contributed by atoms with Crippen molar-refractivity contribution in [2.45, 2.75) is 69.7 Å². The van der Waals surface area contributed by atoms with Crippen LogP contribution in [0, 0.1) is 11.8 Å². The Kier molecular flexibility index (Phi) is 7.87. The zero-order valence-corrected chi connectivity index (χ0v) is 19.5. The van der Waals surface area contributed by atoms with Crippen LogP contribution >= 0.6 is 12.2 Å². The van der Waals surface area contributed by atoms with Crippen LogP contribution in [0.5, 0.6) is 0 Å². The third-order valence-corrected chi connectivity index (χ3v) is 8.70. The van der Waals surface area contributed by atoms with E-state index >= 15 is 0 Å². The van der Waals surface area contributed by atoms with Gasteiger partial charge in [0.25, 0.3) is 5.91 Å². The first kappa shape index (κ1) is 23.2. The van der Waals surface area contributed by atoms with Crippen molar-refractivity contribution in [2.24, 2.45) is 11.8 Å². The Morgan fingerprint density at radius 1 is 1.00 bits per heavy atom. The predicted octanol–water partition coefficient (Wildman–Crippen LogP) is 3.68. The van der Waals surface area contributed by atoms with Crippen molar-refractivity contribution in [1.29, 1.82) is 0 Å². The highest BCUT2D eigenvalue weighted by atomic mass is 32.2. The first-order valence-electron chi connectivity index (χ1n) is 11.0. The molecule has 1 saturated carbocycles. The summed E-state index contributed by atoms with van der Waals surface area (Å²) in [5.74, 6) is 0.799. The van der Waals surface area contributed by atoms with Gasteiger partial charge < -0.3 is 5.32 Å². The Morgan fingerprint density at radius 2 is 1.63 bits per heavy atom. The number of benzene rings is 1. The Balaban J connectivity index is 1.60. The molecule has 166 valence electrons. The van der Waals surface area contributed by atoms with Gasteiger partial charge in [-0.2, -0.15) is 4.31 Å². The Morgan fingerprint density at radius 3 is 2.27 bits per heavy atom. The summed E-state index contributed by atoms with van der Waals surface area (Å²) in [4.78, 5) is 12.8. The number of carbonyl (C=O) groups is 1. The summed E-state index contributed by atoms with van der Waals surface area (Å²) >= 11 is 5.34. The zero-order chi connectivity index (χ0) is 21.7. The number of nitrogens with one attached hydrogen (secondary N) is 2. The van der Waals surface area contributed by atoms with Gasteiger partial charge in [0.2, 0.25) is 10.0 Å². The summed E-state index contributed by atoms with van der Waals surface area (Å²) in [6.45, 7) is 5.59. The molecule has 0 unspecified atom stereocenters. The molecular formula is C22H33N3O3S2. The molecular weight excluding hydrogens is 418 g/mol.